The van der Waals surface area contributed by atoms with Gasteiger partial charge in [0.25, 0.3) is 11.8 Å². The number of hydrogen-bond acceptors (Lipinski definition) is 4. The van der Waals surface area contributed by atoms with Gasteiger partial charge in [0, 0.05) is 35.9 Å². The zero-order valence-corrected chi connectivity index (χ0v) is 19.1. The lowest BCUT2D eigenvalue weighted by Crippen LogP contribution is -2.41. The Morgan fingerprint density at radius 3 is 1.29 bits per heavy atom. The van der Waals surface area contributed by atoms with E-state index in [1.807, 2.05) is 74.5 Å². The maximum absolute atomic E-state index is 13.3. The van der Waals surface area contributed by atoms with Crippen LogP contribution >= 0.6 is 0 Å². The largest absolute Gasteiger partial charge is 0.343 e. The first-order valence-corrected chi connectivity index (χ1v) is 11.1. The second-order valence-electron chi connectivity index (χ2n) is 8.09. The van der Waals surface area contributed by atoms with E-state index in [1.165, 1.54) is 0 Å². The number of rotatable bonds is 7. The molecule has 170 valence electrons. The fourth-order valence-electron chi connectivity index (χ4n) is 3.95. The molecular formula is C28H26N4O2. The first kappa shape index (κ1) is 22.9. The van der Waals surface area contributed by atoms with Crippen molar-refractivity contribution in [1.29, 1.82) is 0 Å². The molecule has 0 bridgehead atoms. The van der Waals surface area contributed by atoms with E-state index in [0.717, 1.165) is 22.3 Å². The minimum atomic E-state index is -0.550. The molecule has 0 radical (unpaired) electrons. The summed E-state index contributed by atoms with van der Waals surface area (Å²) in [4.78, 5) is 34.9. The van der Waals surface area contributed by atoms with Crippen molar-refractivity contribution in [3.8, 4) is 0 Å². The van der Waals surface area contributed by atoms with Gasteiger partial charge in [-0.25, -0.2) is 0 Å². The van der Waals surface area contributed by atoms with E-state index in [1.54, 1.807) is 36.9 Å². The first-order valence-electron chi connectivity index (χ1n) is 11.1. The number of aromatic nitrogens is 2. The topological polar surface area (TPSA) is 84.0 Å². The standard InChI is InChI=1S/C28H26N4O2/c1-19-7-3-5-9-23(19)27(33)31-25(21-11-15-29-16-12-21)26(22-13-17-30-18-14-22)32-28(34)24-10-6-4-8-20(24)2/h3-18,25-26H,1-2H3,(H,31,33)(H,32,34). The molecule has 4 rings (SSSR count). The predicted octanol–water partition coefficient (Wildman–Crippen LogP) is 4.74. The van der Waals surface area contributed by atoms with E-state index in [0.29, 0.717) is 11.1 Å². The van der Waals surface area contributed by atoms with Crippen molar-refractivity contribution in [2.45, 2.75) is 25.9 Å². The van der Waals surface area contributed by atoms with E-state index in [-0.39, 0.29) is 11.8 Å². The number of hydrogen-bond donors (Lipinski definition) is 2. The second-order valence-corrected chi connectivity index (χ2v) is 8.09. The van der Waals surface area contributed by atoms with Gasteiger partial charge in [0.2, 0.25) is 0 Å². The molecule has 0 aliphatic carbocycles. The molecule has 2 amide bonds. The summed E-state index contributed by atoms with van der Waals surface area (Å²) < 4.78 is 0. The lowest BCUT2D eigenvalue weighted by Gasteiger charge is -2.30. The Morgan fingerprint density at radius 1 is 0.588 bits per heavy atom. The molecule has 34 heavy (non-hydrogen) atoms. The molecule has 4 aromatic rings. The smallest absolute Gasteiger partial charge is 0.252 e. The van der Waals surface area contributed by atoms with Gasteiger partial charge >= 0.3 is 0 Å². The highest BCUT2D eigenvalue weighted by atomic mass is 16.2. The van der Waals surface area contributed by atoms with Gasteiger partial charge in [0.1, 0.15) is 0 Å². The Morgan fingerprint density at radius 2 is 0.941 bits per heavy atom. The number of carbonyl (C=O) groups excluding carboxylic acids is 2. The van der Waals surface area contributed by atoms with E-state index >= 15 is 0 Å². The lowest BCUT2D eigenvalue weighted by molar-refractivity contribution is 0.0881. The van der Waals surface area contributed by atoms with Crippen LogP contribution in [0.1, 0.15) is 55.1 Å². The molecule has 2 aromatic heterocycles. The van der Waals surface area contributed by atoms with Gasteiger partial charge in [-0.1, -0.05) is 36.4 Å². The normalized spacial score (nSPS) is 12.4. The van der Waals surface area contributed by atoms with Crippen molar-refractivity contribution in [3.63, 3.8) is 0 Å². The number of carbonyl (C=O) groups is 2. The molecule has 0 saturated heterocycles. The fourth-order valence-corrected chi connectivity index (χ4v) is 3.95. The van der Waals surface area contributed by atoms with Crippen LogP contribution in [-0.4, -0.2) is 21.8 Å². The summed E-state index contributed by atoms with van der Waals surface area (Å²) in [6.45, 7) is 3.80. The van der Waals surface area contributed by atoms with Crippen LogP contribution in [0, 0.1) is 13.8 Å². The summed E-state index contributed by atoms with van der Waals surface area (Å²) in [6.07, 6.45) is 6.70. The van der Waals surface area contributed by atoms with Gasteiger partial charge in [0.05, 0.1) is 12.1 Å². The third kappa shape index (κ3) is 5.18. The van der Waals surface area contributed by atoms with Crippen molar-refractivity contribution >= 4 is 11.8 Å². The van der Waals surface area contributed by atoms with E-state index in [2.05, 4.69) is 20.6 Å². The molecular weight excluding hydrogens is 424 g/mol. The van der Waals surface area contributed by atoms with Gasteiger partial charge in [-0.05, 0) is 72.5 Å². The highest BCUT2D eigenvalue weighted by Gasteiger charge is 2.29. The zero-order chi connectivity index (χ0) is 23.9. The van der Waals surface area contributed by atoms with Crippen molar-refractivity contribution in [3.05, 3.63) is 131 Å². The molecule has 6 heteroatoms. The molecule has 2 atom stereocenters. The Bertz CT molecular complexity index is 1170. The third-order valence-corrected chi connectivity index (χ3v) is 5.82. The van der Waals surface area contributed by atoms with Gasteiger partial charge in [-0.15, -0.1) is 0 Å². The van der Waals surface area contributed by atoms with E-state index < -0.39 is 12.1 Å². The van der Waals surface area contributed by atoms with Gasteiger partial charge in [-0.2, -0.15) is 0 Å². The summed E-state index contributed by atoms with van der Waals surface area (Å²) in [5.41, 5.74) is 4.56. The Hall–Kier alpha value is -4.32. The molecule has 0 aliphatic rings. The highest BCUT2D eigenvalue weighted by Crippen LogP contribution is 2.30. The van der Waals surface area contributed by atoms with Crippen molar-refractivity contribution in [2.24, 2.45) is 0 Å². The number of pyridine rings is 2. The second kappa shape index (κ2) is 10.5. The van der Waals surface area contributed by atoms with Crippen LogP contribution in [0.3, 0.4) is 0 Å². The van der Waals surface area contributed by atoms with Crippen LogP contribution in [0.4, 0.5) is 0 Å². The summed E-state index contributed by atoms with van der Waals surface area (Å²) in [5.74, 6) is -0.437. The van der Waals surface area contributed by atoms with Crippen molar-refractivity contribution in [2.75, 3.05) is 0 Å². The highest BCUT2D eigenvalue weighted by molar-refractivity contribution is 5.97. The zero-order valence-electron chi connectivity index (χ0n) is 19.1. The minimum absolute atomic E-state index is 0.218. The molecule has 6 nitrogen and oxygen atoms in total. The minimum Gasteiger partial charge on any atom is -0.343 e. The van der Waals surface area contributed by atoms with Crippen LogP contribution in [0.5, 0.6) is 0 Å². The molecule has 2 unspecified atom stereocenters. The number of nitrogens with zero attached hydrogens (tertiary/aromatic N) is 2. The predicted molar refractivity (Wildman–Crippen MR) is 131 cm³/mol. The SMILES string of the molecule is Cc1ccccc1C(=O)NC(c1ccncc1)C(NC(=O)c1ccccc1C)c1ccncc1. The van der Waals surface area contributed by atoms with Gasteiger partial charge in [-0.3, -0.25) is 19.6 Å². The van der Waals surface area contributed by atoms with Crippen LogP contribution in [0.25, 0.3) is 0 Å². The fraction of sp³-hybridized carbons (Fsp3) is 0.143. The summed E-state index contributed by atoms with van der Waals surface area (Å²) in [5, 5.41) is 6.32. The van der Waals surface area contributed by atoms with Crippen LogP contribution in [-0.2, 0) is 0 Å². The maximum atomic E-state index is 13.3. The van der Waals surface area contributed by atoms with Gasteiger partial charge < -0.3 is 10.6 Å². The molecule has 0 fully saturated rings. The Labute approximate surface area is 199 Å². The summed E-state index contributed by atoms with van der Waals surface area (Å²) >= 11 is 0. The Kier molecular flexibility index (Phi) is 7.08. The van der Waals surface area contributed by atoms with Crippen LogP contribution in [0.15, 0.2) is 97.6 Å². The third-order valence-electron chi connectivity index (χ3n) is 5.82. The lowest BCUT2D eigenvalue weighted by atomic mass is 9.93. The molecule has 2 N–H and O–H groups in total. The Balaban J connectivity index is 1.75. The average Bonchev–Trinajstić information content (AvgIpc) is 2.87. The first-order chi connectivity index (χ1) is 16.5. The molecule has 0 aliphatic heterocycles. The quantitative estimate of drug-likeness (QED) is 0.426. The van der Waals surface area contributed by atoms with Crippen LogP contribution in [0.2, 0.25) is 0 Å². The number of benzene rings is 2. The summed E-state index contributed by atoms with van der Waals surface area (Å²) in [6, 6.07) is 21.1. The van der Waals surface area contributed by atoms with Crippen LogP contribution < -0.4 is 10.6 Å². The van der Waals surface area contributed by atoms with E-state index in [4.69, 9.17) is 0 Å². The molecule has 0 spiro atoms. The summed E-state index contributed by atoms with van der Waals surface area (Å²) in [7, 11) is 0. The van der Waals surface area contributed by atoms with Crippen molar-refractivity contribution < 1.29 is 9.59 Å². The average molecular weight is 451 g/mol. The maximum Gasteiger partial charge on any atom is 0.252 e. The number of nitrogens with one attached hydrogen (secondary N) is 2. The number of amides is 2. The molecule has 2 heterocycles. The molecule has 0 saturated carbocycles. The monoisotopic (exact) mass is 450 g/mol. The van der Waals surface area contributed by atoms with E-state index in [9.17, 15) is 9.59 Å². The number of aryl methyl sites for hydroxylation is 2. The van der Waals surface area contributed by atoms with Crippen molar-refractivity contribution in [1.82, 2.24) is 20.6 Å². The van der Waals surface area contributed by atoms with Gasteiger partial charge in [0.15, 0.2) is 0 Å². The molecule has 2 aromatic carbocycles.